The first-order chi connectivity index (χ1) is 7.54. The molecule has 0 aromatic heterocycles. The lowest BCUT2D eigenvalue weighted by molar-refractivity contribution is 0.416. The van der Waals surface area contributed by atoms with E-state index in [4.69, 9.17) is 4.18 Å². The van der Waals surface area contributed by atoms with Crippen LogP contribution in [0.5, 0.6) is 0 Å². The summed E-state index contributed by atoms with van der Waals surface area (Å²) in [6.07, 6.45) is 3.93. The highest BCUT2D eigenvalue weighted by atomic mass is 32.2. The molecule has 0 unspecified atom stereocenters. The monoisotopic (exact) mass is 238 g/mol. The number of hydrogen-bond acceptors (Lipinski definition) is 5. The zero-order chi connectivity index (χ0) is 11.6. The molecule has 0 fully saturated rings. The van der Waals surface area contributed by atoms with Gasteiger partial charge in [0.25, 0.3) is 0 Å². The van der Waals surface area contributed by atoms with Crippen molar-refractivity contribution in [1.29, 1.82) is 0 Å². The summed E-state index contributed by atoms with van der Waals surface area (Å²) in [5.41, 5.74) is 1.62. The van der Waals surface area contributed by atoms with Crippen LogP contribution >= 0.6 is 0 Å². The predicted molar refractivity (Wildman–Crippen MR) is 61.7 cm³/mol. The van der Waals surface area contributed by atoms with Gasteiger partial charge in [-0.05, 0) is 6.07 Å². The molecule has 0 amide bonds. The predicted octanol–water partition coefficient (Wildman–Crippen LogP) is 1.31. The third-order valence-corrected chi connectivity index (χ3v) is 2.35. The van der Waals surface area contributed by atoms with Crippen LogP contribution in [0.25, 0.3) is 0 Å². The first kappa shape index (κ1) is 10.7. The van der Waals surface area contributed by atoms with Crippen molar-refractivity contribution in [2.75, 3.05) is 11.6 Å². The number of nitrogens with zero attached hydrogens (tertiary/aromatic N) is 1. The van der Waals surface area contributed by atoms with Gasteiger partial charge in [-0.15, -0.1) is 0 Å². The Morgan fingerprint density at radius 2 is 2.06 bits per heavy atom. The van der Waals surface area contributed by atoms with Crippen molar-refractivity contribution in [2.45, 2.75) is 0 Å². The van der Waals surface area contributed by atoms with E-state index in [1.54, 1.807) is 6.21 Å². The van der Waals surface area contributed by atoms with Crippen molar-refractivity contribution in [3.8, 4) is 0 Å². The fourth-order valence-corrected chi connectivity index (χ4v) is 1.69. The molecule has 1 aromatic carbocycles. The van der Waals surface area contributed by atoms with E-state index in [2.05, 4.69) is 10.3 Å². The van der Waals surface area contributed by atoms with E-state index in [1.165, 1.54) is 6.20 Å². The number of para-hydroxylation sites is 1. The molecule has 0 atom stereocenters. The maximum atomic E-state index is 11.0. The Morgan fingerprint density at radius 3 is 2.81 bits per heavy atom. The SMILES string of the molecule is CS(=O)(=O)OC1=CN=Cc2ccccc2N1. The Hall–Kier alpha value is -1.82. The van der Waals surface area contributed by atoms with E-state index in [9.17, 15) is 8.42 Å². The molecular weight excluding hydrogens is 228 g/mol. The van der Waals surface area contributed by atoms with Gasteiger partial charge in [0, 0.05) is 17.5 Å². The van der Waals surface area contributed by atoms with Crippen LogP contribution in [0.1, 0.15) is 5.56 Å². The molecule has 84 valence electrons. The van der Waals surface area contributed by atoms with Gasteiger partial charge in [-0.25, -0.2) is 0 Å². The fourth-order valence-electron chi connectivity index (χ4n) is 1.28. The van der Waals surface area contributed by atoms with Crippen molar-refractivity contribution in [3.05, 3.63) is 41.9 Å². The molecule has 1 N–H and O–H groups in total. The average Bonchev–Trinajstić information content (AvgIpc) is 2.36. The molecule has 0 spiro atoms. The molecule has 6 heteroatoms. The largest absolute Gasteiger partial charge is 0.362 e. The summed E-state index contributed by atoms with van der Waals surface area (Å²) in [6, 6.07) is 7.38. The lowest BCUT2D eigenvalue weighted by Gasteiger charge is -2.09. The highest BCUT2D eigenvalue weighted by molar-refractivity contribution is 7.86. The van der Waals surface area contributed by atoms with Crippen LogP contribution in [0.3, 0.4) is 0 Å². The van der Waals surface area contributed by atoms with E-state index < -0.39 is 10.1 Å². The van der Waals surface area contributed by atoms with Gasteiger partial charge < -0.3 is 9.50 Å². The Morgan fingerprint density at radius 1 is 1.31 bits per heavy atom. The van der Waals surface area contributed by atoms with Crippen molar-refractivity contribution < 1.29 is 12.6 Å². The van der Waals surface area contributed by atoms with Gasteiger partial charge >= 0.3 is 10.1 Å². The van der Waals surface area contributed by atoms with Crippen LogP contribution in [0.2, 0.25) is 0 Å². The number of nitrogens with one attached hydrogen (secondary N) is 1. The average molecular weight is 238 g/mol. The summed E-state index contributed by atoms with van der Waals surface area (Å²) in [7, 11) is -3.55. The fraction of sp³-hybridized carbons (Fsp3) is 0.100. The number of fused-ring (bicyclic) bond motifs is 1. The molecule has 0 saturated heterocycles. The Labute approximate surface area is 93.6 Å². The molecule has 16 heavy (non-hydrogen) atoms. The number of benzene rings is 1. The summed E-state index contributed by atoms with van der Waals surface area (Å²) in [5.74, 6) is 0.0868. The van der Waals surface area contributed by atoms with Crippen molar-refractivity contribution >= 4 is 22.0 Å². The number of anilines is 1. The Kier molecular flexibility index (Phi) is 2.66. The summed E-state index contributed by atoms with van der Waals surface area (Å²) < 4.78 is 26.7. The van der Waals surface area contributed by atoms with E-state index in [0.717, 1.165) is 17.5 Å². The second-order valence-electron chi connectivity index (χ2n) is 3.27. The minimum absolute atomic E-state index is 0.0868. The molecule has 5 nitrogen and oxygen atoms in total. The summed E-state index contributed by atoms with van der Waals surface area (Å²) in [4.78, 5) is 3.94. The molecule has 1 aliphatic rings. The second kappa shape index (κ2) is 3.97. The van der Waals surface area contributed by atoms with Crippen LogP contribution < -0.4 is 5.32 Å². The summed E-state index contributed by atoms with van der Waals surface area (Å²) in [5, 5.41) is 2.85. The van der Waals surface area contributed by atoms with Gasteiger partial charge in [-0.1, -0.05) is 18.2 Å². The van der Waals surface area contributed by atoms with E-state index in [1.807, 2.05) is 24.3 Å². The second-order valence-corrected chi connectivity index (χ2v) is 4.85. The molecule has 0 bridgehead atoms. The molecule has 1 aliphatic heterocycles. The van der Waals surface area contributed by atoms with Gasteiger partial charge in [0.05, 0.1) is 12.5 Å². The van der Waals surface area contributed by atoms with Crippen LogP contribution in [0, 0.1) is 0 Å². The molecule has 2 rings (SSSR count). The molecule has 0 aliphatic carbocycles. The zero-order valence-corrected chi connectivity index (χ0v) is 9.36. The zero-order valence-electron chi connectivity index (χ0n) is 8.54. The number of rotatable bonds is 2. The van der Waals surface area contributed by atoms with Crippen molar-refractivity contribution in [3.63, 3.8) is 0 Å². The topological polar surface area (TPSA) is 67.8 Å². The van der Waals surface area contributed by atoms with Gasteiger partial charge in [0.15, 0.2) is 0 Å². The van der Waals surface area contributed by atoms with E-state index in [-0.39, 0.29) is 5.88 Å². The van der Waals surface area contributed by atoms with Gasteiger partial charge in [0.2, 0.25) is 5.88 Å². The molecular formula is C10H10N2O3S. The van der Waals surface area contributed by atoms with Crippen molar-refractivity contribution in [2.24, 2.45) is 4.99 Å². The van der Waals surface area contributed by atoms with Crippen molar-refractivity contribution in [1.82, 2.24) is 0 Å². The summed E-state index contributed by atoms with van der Waals surface area (Å²) in [6.45, 7) is 0. The van der Waals surface area contributed by atoms with Gasteiger partial charge in [-0.3, -0.25) is 4.99 Å². The molecule has 0 saturated carbocycles. The third kappa shape index (κ3) is 2.60. The van der Waals surface area contributed by atoms with E-state index >= 15 is 0 Å². The maximum Gasteiger partial charge on any atom is 0.307 e. The van der Waals surface area contributed by atoms with Crippen LogP contribution in [0.15, 0.2) is 41.3 Å². The lowest BCUT2D eigenvalue weighted by atomic mass is 10.2. The molecule has 0 radical (unpaired) electrons. The first-order valence-electron chi connectivity index (χ1n) is 4.53. The maximum absolute atomic E-state index is 11.0. The standard InChI is InChI=1S/C10H10N2O3S/c1-16(13,14)15-10-7-11-6-8-4-2-3-5-9(8)12-10/h2-7,12H,1H3. The van der Waals surface area contributed by atoms with Crippen LogP contribution in [-0.2, 0) is 14.3 Å². The smallest absolute Gasteiger partial charge is 0.307 e. The summed E-state index contributed by atoms with van der Waals surface area (Å²) >= 11 is 0. The Bertz CT molecular complexity index is 561. The minimum atomic E-state index is -3.55. The quantitative estimate of drug-likeness (QED) is 0.789. The lowest BCUT2D eigenvalue weighted by Crippen LogP contribution is -2.09. The van der Waals surface area contributed by atoms with Crippen LogP contribution in [0.4, 0.5) is 5.69 Å². The minimum Gasteiger partial charge on any atom is -0.362 e. The van der Waals surface area contributed by atoms with Gasteiger partial charge in [0.1, 0.15) is 0 Å². The van der Waals surface area contributed by atoms with Crippen LogP contribution in [-0.4, -0.2) is 20.9 Å². The first-order valence-corrected chi connectivity index (χ1v) is 6.35. The number of hydrogen-bond donors (Lipinski definition) is 1. The molecule has 1 aromatic rings. The Balaban J connectivity index is 2.30. The van der Waals surface area contributed by atoms with E-state index in [0.29, 0.717) is 0 Å². The van der Waals surface area contributed by atoms with Gasteiger partial charge in [-0.2, -0.15) is 8.42 Å². The highest BCUT2D eigenvalue weighted by Crippen LogP contribution is 2.18. The number of aliphatic imine (C=N–C) groups is 1. The highest BCUT2D eigenvalue weighted by Gasteiger charge is 2.11. The molecule has 1 heterocycles. The third-order valence-electron chi connectivity index (χ3n) is 1.87. The normalized spacial score (nSPS) is 14.4.